The molecule has 1 aromatic carbocycles. The van der Waals surface area contributed by atoms with E-state index in [9.17, 15) is 14.4 Å². The number of rotatable bonds is 10. The van der Waals surface area contributed by atoms with Crippen LogP contribution in [0.4, 0.5) is 5.13 Å². The van der Waals surface area contributed by atoms with Crippen molar-refractivity contribution < 1.29 is 23.9 Å². The number of anilines is 1. The number of ether oxygens (including phenoxy) is 2. The summed E-state index contributed by atoms with van der Waals surface area (Å²) < 4.78 is 11.1. The third-order valence-electron chi connectivity index (χ3n) is 4.73. The number of hydrogen-bond acceptors (Lipinski definition) is 9. The van der Waals surface area contributed by atoms with E-state index in [1.54, 1.807) is 11.8 Å². The predicted molar refractivity (Wildman–Crippen MR) is 122 cm³/mol. The van der Waals surface area contributed by atoms with Crippen LogP contribution in [0, 0.1) is 5.92 Å². The zero-order valence-corrected chi connectivity index (χ0v) is 19.5. The number of likely N-dealkylation sites (tertiary alicyclic amines) is 1. The Morgan fingerprint density at radius 2 is 2.06 bits per heavy atom. The van der Waals surface area contributed by atoms with Gasteiger partial charge in [-0.15, -0.1) is 10.2 Å². The van der Waals surface area contributed by atoms with Crippen LogP contribution in [0.25, 0.3) is 0 Å². The normalized spacial score (nSPS) is 15.8. The minimum atomic E-state index is -0.320. The number of carbonyl (C=O) groups is 3. The summed E-state index contributed by atoms with van der Waals surface area (Å²) in [6.45, 7) is 3.39. The van der Waals surface area contributed by atoms with Crippen molar-refractivity contribution in [2.75, 3.05) is 37.4 Å². The quantitative estimate of drug-likeness (QED) is 0.315. The second-order valence-corrected chi connectivity index (χ2v) is 9.25. The van der Waals surface area contributed by atoms with Crippen molar-refractivity contribution in [3.63, 3.8) is 0 Å². The molecule has 0 radical (unpaired) electrons. The predicted octanol–water partition coefficient (Wildman–Crippen LogP) is 2.84. The second kappa shape index (κ2) is 12.4. The van der Waals surface area contributed by atoms with Crippen molar-refractivity contribution in [3.05, 3.63) is 30.3 Å². The lowest BCUT2D eigenvalue weighted by atomic mass is 9.97. The maximum absolute atomic E-state index is 12.7. The van der Waals surface area contributed by atoms with Crippen molar-refractivity contribution in [1.82, 2.24) is 15.1 Å². The number of amides is 2. The van der Waals surface area contributed by atoms with Crippen LogP contribution in [-0.4, -0.2) is 64.9 Å². The minimum Gasteiger partial charge on any atom is -0.493 e. The van der Waals surface area contributed by atoms with Gasteiger partial charge in [0.05, 0.1) is 31.3 Å². The molecule has 172 valence electrons. The van der Waals surface area contributed by atoms with E-state index in [1.165, 1.54) is 23.1 Å². The third kappa shape index (κ3) is 7.49. The van der Waals surface area contributed by atoms with Gasteiger partial charge >= 0.3 is 5.97 Å². The Morgan fingerprint density at radius 1 is 1.25 bits per heavy atom. The van der Waals surface area contributed by atoms with Crippen LogP contribution in [-0.2, 0) is 19.1 Å². The average Bonchev–Trinajstić information content (AvgIpc) is 3.26. The molecule has 0 spiro atoms. The van der Waals surface area contributed by atoms with E-state index in [2.05, 4.69) is 15.5 Å². The van der Waals surface area contributed by atoms with Crippen LogP contribution >= 0.6 is 23.1 Å². The molecule has 1 aliphatic rings. The first kappa shape index (κ1) is 24.0. The summed E-state index contributed by atoms with van der Waals surface area (Å²) in [5.74, 6) is 0.0484. The van der Waals surface area contributed by atoms with E-state index in [1.807, 2.05) is 30.3 Å². The Bertz CT molecular complexity index is 909. The number of aromatic nitrogens is 2. The van der Waals surface area contributed by atoms with Gasteiger partial charge < -0.3 is 19.7 Å². The van der Waals surface area contributed by atoms with Crippen LogP contribution in [0.3, 0.4) is 0 Å². The van der Waals surface area contributed by atoms with E-state index >= 15 is 0 Å². The molecule has 11 heteroatoms. The number of thioether (sulfide) groups is 1. The van der Waals surface area contributed by atoms with Gasteiger partial charge in [0.15, 0.2) is 4.34 Å². The molecule has 2 amide bonds. The molecule has 32 heavy (non-hydrogen) atoms. The molecule has 1 N–H and O–H groups in total. The van der Waals surface area contributed by atoms with E-state index in [0.717, 1.165) is 12.2 Å². The summed E-state index contributed by atoms with van der Waals surface area (Å²) in [4.78, 5) is 38.4. The number of piperidine rings is 1. The zero-order valence-electron chi connectivity index (χ0n) is 17.8. The number of hydrogen-bond donors (Lipinski definition) is 1. The van der Waals surface area contributed by atoms with Gasteiger partial charge in [0.2, 0.25) is 16.9 Å². The monoisotopic (exact) mass is 478 g/mol. The summed E-state index contributed by atoms with van der Waals surface area (Å²) in [7, 11) is 0. The Hall–Kier alpha value is -2.66. The van der Waals surface area contributed by atoms with Crippen LogP contribution in [0.15, 0.2) is 34.7 Å². The molecule has 0 bridgehead atoms. The highest BCUT2D eigenvalue weighted by molar-refractivity contribution is 8.01. The average molecular weight is 479 g/mol. The fourth-order valence-electron chi connectivity index (χ4n) is 3.20. The number of esters is 1. The number of carbonyl (C=O) groups excluding carboxylic acids is 3. The molecular formula is C21H26N4O5S2. The van der Waals surface area contributed by atoms with E-state index in [4.69, 9.17) is 9.47 Å². The Balaban J connectivity index is 1.42. The van der Waals surface area contributed by atoms with Crippen LogP contribution in [0.5, 0.6) is 5.75 Å². The fraction of sp³-hybridized carbons (Fsp3) is 0.476. The largest absolute Gasteiger partial charge is 0.493 e. The Labute approximate surface area is 194 Å². The molecule has 1 fully saturated rings. The molecule has 0 saturated carbocycles. The van der Waals surface area contributed by atoms with Crippen LogP contribution in [0.1, 0.15) is 26.2 Å². The van der Waals surface area contributed by atoms with Gasteiger partial charge in [-0.3, -0.25) is 14.4 Å². The summed E-state index contributed by atoms with van der Waals surface area (Å²) in [6, 6.07) is 9.36. The van der Waals surface area contributed by atoms with Gasteiger partial charge in [0.1, 0.15) is 5.75 Å². The highest BCUT2D eigenvalue weighted by Gasteiger charge is 2.29. The minimum absolute atomic E-state index is 0.0213. The number of nitrogens with one attached hydrogen (secondary N) is 1. The Kier molecular flexibility index (Phi) is 9.29. The maximum Gasteiger partial charge on any atom is 0.316 e. The van der Waals surface area contributed by atoms with E-state index < -0.39 is 0 Å². The fourth-order valence-corrected chi connectivity index (χ4v) is 4.75. The third-order valence-corrected chi connectivity index (χ3v) is 6.67. The van der Waals surface area contributed by atoms with Crippen LogP contribution < -0.4 is 10.1 Å². The molecule has 1 unspecified atom stereocenters. The van der Waals surface area contributed by atoms with E-state index in [0.29, 0.717) is 42.2 Å². The molecular weight excluding hydrogens is 452 g/mol. The van der Waals surface area contributed by atoms with Gasteiger partial charge in [0.25, 0.3) is 0 Å². The van der Waals surface area contributed by atoms with Crippen molar-refractivity contribution in [2.24, 2.45) is 5.92 Å². The molecule has 1 atom stereocenters. The number of nitrogens with zero attached hydrogens (tertiary/aromatic N) is 3. The molecule has 2 heterocycles. The summed E-state index contributed by atoms with van der Waals surface area (Å²) >= 11 is 2.42. The smallest absolute Gasteiger partial charge is 0.316 e. The first-order valence-corrected chi connectivity index (χ1v) is 12.2. The van der Waals surface area contributed by atoms with Gasteiger partial charge in [-0.05, 0) is 31.9 Å². The second-order valence-electron chi connectivity index (χ2n) is 7.05. The maximum atomic E-state index is 12.7. The van der Waals surface area contributed by atoms with Gasteiger partial charge in [-0.1, -0.05) is 41.3 Å². The highest BCUT2D eigenvalue weighted by atomic mass is 32.2. The number of para-hydroxylation sites is 1. The summed E-state index contributed by atoms with van der Waals surface area (Å²) in [6.07, 6.45) is 1.74. The summed E-state index contributed by atoms with van der Waals surface area (Å²) in [5, 5.41) is 11.1. The standard InChI is InChI=1S/C21H26N4O5S2/c1-2-29-18(27)14-31-21-24-23-20(32-21)22-19(28)15-7-6-11-25(13-15)17(26)10-12-30-16-8-4-3-5-9-16/h3-5,8-9,15H,2,6-7,10-14H2,1H3,(H,22,23,28). The SMILES string of the molecule is CCOC(=O)CSc1nnc(NC(=O)C2CCCN(C(=O)CCOc3ccccc3)C2)s1. The molecule has 1 saturated heterocycles. The zero-order chi connectivity index (χ0) is 22.8. The van der Waals surface area contributed by atoms with Gasteiger partial charge in [-0.25, -0.2) is 0 Å². The molecule has 9 nitrogen and oxygen atoms in total. The van der Waals surface area contributed by atoms with Crippen LogP contribution in [0.2, 0.25) is 0 Å². The molecule has 1 aromatic heterocycles. The van der Waals surface area contributed by atoms with Crippen molar-refractivity contribution in [3.8, 4) is 5.75 Å². The molecule has 1 aliphatic heterocycles. The molecule has 0 aliphatic carbocycles. The van der Waals surface area contributed by atoms with Crippen molar-refractivity contribution in [1.29, 1.82) is 0 Å². The lowest BCUT2D eigenvalue weighted by Crippen LogP contribution is -2.44. The lowest BCUT2D eigenvalue weighted by Gasteiger charge is -2.32. The van der Waals surface area contributed by atoms with Crippen molar-refractivity contribution in [2.45, 2.75) is 30.5 Å². The molecule has 2 aromatic rings. The topological polar surface area (TPSA) is 111 Å². The lowest BCUT2D eigenvalue weighted by molar-refractivity contribution is -0.140. The molecule has 3 rings (SSSR count). The van der Waals surface area contributed by atoms with E-state index in [-0.39, 0.29) is 35.9 Å². The van der Waals surface area contributed by atoms with Crippen molar-refractivity contribution >= 4 is 46.0 Å². The van der Waals surface area contributed by atoms with Gasteiger partial charge in [0, 0.05) is 13.1 Å². The first-order chi connectivity index (χ1) is 15.5. The highest BCUT2D eigenvalue weighted by Crippen LogP contribution is 2.27. The summed E-state index contributed by atoms with van der Waals surface area (Å²) in [5.41, 5.74) is 0. The van der Waals surface area contributed by atoms with Gasteiger partial charge in [-0.2, -0.15) is 0 Å². The Morgan fingerprint density at radius 3 is 2.84 bits per heavy atom. The number of benzene rings is 1. The first-order valence-electron chi connectivity index (χ1n) is 10.4.